The topological polar surface area (TPSA) is 55.4 Å². The number of hydrogen-bond donors (Lipinski definition) is 1. The summed E-state index contributed by atoms with van der Waals surface area (Å²) in [5.41, 5.74) is 0.685. The minimum absolute atomic E-state index is 0.203. The number of carbonyl (C=O) groups is 2. The van der Waals surface area contributed by atoms with E-state index in [9.17, 15) is 9.59 Å². The van der Waals surface area contributed by atoms with Crippen LogP contribution in [0.2, 0.25) is 0 Å². The van der Waals surface area contributed by atoms with Crippen LogP contribution in [0, 0.1) is 3.57 Å². The van der Waals surface area contributed by atoms with Crippen LogP contribution in [0.3, 0.4) is 0 Å². The Labute approximate surface area is 134 Å². The van der Waals surface area contributed by atoms with Gasteiger partial charge in [-0.2, -0.15) is 0 Å². The van der Waals surface area contributed by atoms with Crippen LogP contribution >= 0.6 is 33.9 Å². The molecule has 0 unspecified atom stereocenters. The van der Waals surface area contributed by atoms with E-state index in [2.05, 4.69) is 27.9 Å². The molecule has 0 spiro atoms. The van der Waals surface area contributed by atoms with Crippen LogP contribution in [0.25, 0.3) is 0 Å². The fourth-order valence-corrected chi connectivity index (χ4v) is 2.53. The Balaban J connectivity index is 1.74. The average molecular weight is 401 g/mol. The molecule has 0 atom stereocenters. The van der Waals surface area contributed by atoms with Crippen LogP contribution in [0.4, 0.5) is 5.69 Å². The molecular formula is C14H12INO3S. The largest absolute Gasteiger partial charge is 0.455 e. The van der Waals surface area contributed by atoms with Crippen molar-refractivity contribution in [3.8, 4) is 0 Å². The molecule has 1 aromatic heterocycles. The number of ether oxygens (including phenoxy) is 1. The van der Waals surface area contributed by atoms with E-state index in [1.54, 1.807) is 12.1 Å². The Hall–Kier alpha value is -1.41. The van der Waals surface area contributed by atoms with Crippen molar-refractivity contribution in [2.24, 2.45) is 0 Å². The van der Waals surface area contributed by atoms with Gasteiger partial charge in [0.1, 0.15) is 0 Å². The molecule has 0 bridgehead atoms. The fraction of sp³-hybridized carbons (Fsp3) is 0.143. The SMILES string of the molecule is O=C(COC(=O)Cc1cccs1)Nc1ccc(I)cc1. The molecule has 1 aromatic carbocycles. The Bertz CT molecular complexity index is 581. The Morgan fingerprint density at radius 2 is 1.95 bits per heavy atom. The van der Waals surface area contributed by atoms with Gasteiger partial charge in [-0.15, -0.1) is 11.3 Å². The molecule has 0 saturated carbocycles. The number of anilines is 1. The second kappa shape index (κ2) is 7.39. The van der Waals surface area contributed by atoms with E-state index in [-0.39, 0.29) is 18.9 Å². The molecule has 1 heterocycles. The first-order chi connectivity index (χ1) is 9.63. The third-order valence-electron chi connectivity index (χ3n) is 2.39. The van der Waals surface area contributed by atoms with Gasteiger partial charge in [0.05, 0.1) is 6.42 Å². The lowest BCUT2D eigenvalue weighted by atomic mass is 10.3. The predicted molar refractivity (Wildman–Crippen MR) is 86.8 cm³/mol. The number of esters is 1. The lowest BCUT2D eigenvalue weighted by Crippen LogP contribution is -2.21. The Morgan fingerprint density at radius 1 is 1.20 bits per heavy atom. The van der Waals surface area contributed by atoms with E-state index in [0.29, 0.717) is 5.69 Å². The number of thiophene rings is 1. The molecule has 2 rings (SSSR count). The number of halogens is 1. The summed E-state index contributed by atoms with van der Waals surface area (Å²) in [7, 11) is 0. The number of nitrogens with one attached hydrogen (secondary N) is 1. The number of amides is 1. The van der Waals surface area contributed by atoms with Crippen molar-refractivity contribution in [2.75, 3.05) is 11.9 Å². The first-order valence-corrected chi connectivity index (χ1v) is 7.83. The number of carbonyl (C=O) groups excluding carboxylic acids is 2. The maximum absolute atomic E-state index is 11.6. The molecule has 0 aliphatic carbocycles. The quantitative estimate of drug-likeness (QED) is 0.619. The van der Waals surface area contributed by atoms with Crippen molar-refractivity contribution in [1.82, 2.24) is 0 Å². The normalized spacial score (nSPS) is 10.1. The zero-order chi connectivity index (χ0) is 14.4. The fourth-order valence-electron chi connectivity index (χ4n) is 1.48. The monoisotopic (exact) mass is 401 g/mol. The maximum Gasteiger partial charge on any atom is 0.311 e. The van der Waals surface area contributed by atoms with E-state index >= 15 is 0 Å². The molecule has 6 heteroatoms. The Kier molecular flexibility index (Phi) is 5.54. The molecule has 4 nitrogen and oxygen atoms in total. The van der Waals surface area contributed by atoms with Crippen molar-refractivity contribution in [3.63, 3.8) is 0 Å². The van der Waals surface area contributed by atoms with Gasteiger partial charge in [-0.25, -0.2) is 0 Å². The van der Waals surface area contributed by atoms with E-state index in [1.807, 2.05) is 29.6 Å². The predicted octanol–water partition coefficient (Wildman–Crippen LogP) is 3.08. The summed E-state index contributed by atoms with van der Waals surface area (Å²) < 4.78 is 6.01. The zero-order valence-corrected chi connectivity index (χ0v) is 13.4. The first-order valence-electron chi connectivity index (χ1n) is 5.87. The Morgan fingerprint density at radius 3 is 2.60 bits per heavy atom. The third kappa shape index (κ3) is 4.93. The van der Waals surface area contributed by atoms with Crippen molar-refractivity contribution in [3.05, 3.63) is 50.2 Å². The molecule has 0 fully saturated rings. The molecule has 1 amide bonds. The zero-order valence-electron chi connectivity index (χ0n) is 10.5. The minimum atomic E-state index is -0.398. The highest BCUT2D eigenvalue weighted by Gasteiger charge is 2.09. The molecule has 0 radical (unpaired) electrons. The highest BCUT2D eigenvalue weighted by molar-refractivity contribution is 14.1. The van der Waals surface area contributed by atoms with E-state index in [0.717, 1.165) is 8.45 Å². The van der Waals surface area contributed by atoms with Gasteiger partial charge in [-0.1, -0.05) is 6.07 Å². The molecule has 0 saturated heterocycles. The summed E-state index contributed by atoms with van der Waals surface area (Å²) in [4.78, 5) is 24.1. The average Bonchev–Trinajstić information content (AvgIpc) is 2.92. The molecule has 104 valence electrons. The molecule has 0 aliphatic heterocycles. The molecule has 0 aliphatic rings. The number of benzene rings is 1. The van der Waals surface area contributed by atoms with Crippen molar-refractivity contribution in [2.45, 2.75) is 6.42 Å². The highest BCUT2D eigenvalue weighted by atomic mass is 127. The van der Waals surface area contributed by atoms with Crippen LogP contribution < -0.4 is 5.32 Å². The van der Waals surface area contributed by atoms with Crippen molar-refractivity contribution in [1.29, 1.82) is 0 Å². The van der Waals surface area contributed by atoms with Crippen LogP contribution in [-0.4, -0.2) is 18.5 Å². The first kappa shape index (κ1) is 15.0. The van der Waals surface area contributed by atoms with Gasteiger partial charge in [0.15, 0.2) is 6.61 Å². The third-order valence-corrected chi connectivity index (χ3v) is 3.99. The van der Waals surface area contributed by atoms with Gasteiger partial charge in [-0.3, -0.25) is 9.59 Å². The van der Waals surface area contributed by atoms with Gasteiger partial charge < -0.3 is 10.1 Å². The molecule has 2 aromatic rings. The molecule has 20 heavy (non-hydrogen) atoms. The van der Waals surface area contributed by atoms with Crippen LogP contribution in [-0.2, 0) is 20.7 Å². The number of hydrogen-bond acceptors (Lipinski definition) is 4. The van der Waals surface area contributed by atoms with Gasteiger partial charge in [-0.05, 0) is 58.3 Å². The highest BCUT2D eigenvalue weighted by Crippen LogP contribution is 2.11. The van der Waals surface area contributed by atoms with Gasteiger partial charge in [0.2, 0.25) is 0 Å². The standard InChI is InChI=1S/C14H12INO3S/c15-10-3-5-11(6-4-10)16-13(17)9-19-14(18)8-12-2-1-7-20-12/h1-7H,8-9H2,(H,16,17). The summed E-state index contributed by atoms with van der Waals surface area (Å²) in [5, 5.41) is 4.56. The van der Waals surface area contributed by atoms with Crippen LogP contribution in [0.5, 0.6) is 0 Å². The molecule has 1 N–H and O–H groups in total. The van der Waals surface area contributed by atoms with Gasteiger partial charge in [0, 0.05) is 14.1 Å². The van der Waals surface area contributed by atoms with E-state index in [4.69, 9.17) is 4.74 Å². The smallest absolute Gasteiger partial charge is 0.311 e. The lowest BCUT2D eigenvalue weighted by molar-refractivity contribution is -0.146. The minimum Gasteiger partial charge on any atom is -0.455 e. The van der Waals surface area contributed by atoms with Crippen LogP contribution in [0.15, 0.2) is 41.8 Å². The summed E-state index contributed by atoms with van der Waals surface area (Å²) >= 11 is 3.67. The number of rotatable bonds is 5. The summed E-state index contributed by atoms with van der Waals surface area (Å²) in [6.07, 6.45) is 0.203. The van der Waals surface area contributed by atoms with Gasteiger partial charge in [0.25, 0.3) is 5.91 Å². The second-order valence-electron chi connectivity index (χ2n) is 3.97. The summed E-state index contributed by atoms with van der Waals surface area (Å²) in [5.74, 6) is -0.740. The van der Waals surface area contributed by atoms with E-state index in [1.165, 1.54) is 11.3 Å². The lowest BCUT2D eigenvalue weighted by Gasteiger charge is -2.06. The van der Waals surface area contributed by atoms with Gasteiger partial charge >= 0.3 is 5.97 Å². The summed E-state index contributed by atoms with van der Waals surface area (Å²) in [6.45, 7) is -0.268. The second-order valence-corrected chi connectivity index (χ2v) is 6.25. The maximum atomic E-state index is 11.6. The van der Waals surface area contributed by atoms with Crippen molar-refractivity contribution < 1.29 is 14.3 Å². The van der Waals surface area contributed by atoms with Crippen LogP contribution in [0.1, 0.15) is 4.88 Å². The molecular weight excluding hydrogens is 389 g/mol. The van der Waals surface area contributed by atoms with E-state index < -0.39 is 5.97 Å². The van der Waals surface area contributed by atoms with Crippen molar-refractivity contribution >= 4 is 51.5 Å². The summed E-state index contributed by atoms with van der Waals surface area (Å²) in [6, 6.07) is 11.1.